The largest absolute Gasteiger partial charge is 0.482 e. The van der Waals surface area contributed by atoms with E-state index in [1.807, 2.05) is 18.2 Å². The van der Waals surface area contributed by atoms with Gasteiger partial charge in [-0.25, -0.2) is 0 Å². The number of carbonyl (C=O) groups excluding carboxylic acids is 1. The van der Waals surface area contributed by atoms with Gasteiger partial charge < -0.3 is 10.5 Å². The number of nitrogens with two attached hydrogens (primary N) is 1. The van der Waals surface area contributed by atoms with Gasteiger partial charge in [0, 0.05) is 12.0 Å². The third-order valence-corrected chi connectivity index (χ3v) is 3.62. The van der Waals surface area contributed by atoms with Gasteiger partial charge in [0.05, 0.1) is 11.6 Å². The highest BCUT2D eigenvalue weighted by atomic mass is 32.1. The molecular formula is C13H18N2O2S. The van der Waals surface area contributed by atoms with Crippen molar-refractivity contribution in [3.05, 3.63) is 23.8 Å². The summed E-state index contributed by atoms with van der Waals surface area (Å²) in [5, 5.41) is 0. The molecule has 2 rings (SSSR count). The van der Waals surface area contributed by atoms with Crippen LogP contribution in [-0.2, 0) is 10.2 Å². The predicted molar refractivity (Wildman–Crippen MR) is 75.4 cm³/mol. The Hall–Kier alpha value is -1.20. The molecule has 4 nitrogen and oxygen atoms in total. The van der Waals surface area contributed by atoms with Crippen molar-refractivity contribution in [2.24, 2.45) is 5.73 Å². The van der Waals surface area contributed by atoms with Gasteiger partial charge in [0.15, 0.2) is 6.61 Å². The highest BCUT2D eigenvalue weighted by Crippen LogP contribution is 2.36. The number of ether oxygens (including phenoxy) is 1. The molecule has 18 heavy (non-hydrogen) atoms. The number of thiol groups is 1. The number of hydrogen-bond donors (Lipinski definition) is 2. The summed E-state index contributed by atoms with van der Waals surface area (Å²) in [4.78, 5) is 13.4. The molecule has 0 aromatic heterocycles. The summed E-state index contributed by atoms with van der Waals surface area (Å²) >= 11 is 4.20. The van der Waals surface area contributed by atoms with Crippen LogP contribution in [0.4, 0.5) is 5.69 Å². The Bertz CT molecular complexity index is 474. The zero-order valence-corrected chi connectivity index (χ0v) is 11.5. The van der Waals surface area contributed by atoms with E-state index in [1.165, 1.54) is 0 Å². The van der Waals surface area contributed by atoms with Gasteiger partial charge >= 0.3 is 0 Å². The first-order valence-electron chi connectivity index (χ1n) is 5.88. The van der Waals surface area contributed by atoms with Crippen molar-refractivity contribution < 1.29 is 9.53 Å². The zero-order valence-electron chi connectivity index (χ0n) is 10.6. The van der Waals surface area contributed by atoms with Crippen LogP contribution in [0.5, 0.6) is 5.75 Å². The Morgan fingerprint density at radius 2 is 2.22 bits per heavy atom. The monoisotopic (exact) mass is 266 g/mol. The van der Waals surface area contributed by atoms with Crippen LogP contribution in [-0.4, -0.2) is 24.9 Å². The molecule has 1 aromatic rings. The van der Waals surface area contributed by atoms with E-state index in [1.54, 1.807) is 4.90 Å². The standard InChI is InChI=1S/C13H18N2O2S/c1-13(2,7-14)9-3-4-11-10(5-9)15(8-18)12(16)6-17-11/h3-5,18H,6-8,14H2,1-2H3. The van der Waals surface area contributed by atoms with Crippen molar-refractivity contribution in [1.29, 1.82) is 0 Å². The predicted octanol–water partition coefficient (Wildman–Crippen LogP) is 1.54. The molecule has 0 bridgehead atoms. The van der Waals surface area contributed by atoms with Gasteiger partial charge in [-0.3, -0.25) is 9.69 Å². The average Bonchev–Trinajstić information content (AvgIpc) is 2.38. The lowest BCUT2D eigenvalue weighted by molar-refractivity contribution is -0.121. The van der Waals surface area contributed by atoms with E-state index in [-0.39, 0.29) is 17.9 Å². The molecule has 0 saturated carbocycles. The van der Waals surface area contributed by atoms with Gasteiger partial charge in [0.25, 0.3) is 5.91 Å². The number of anilines is 1. The summed E-state index contributed by atoms with van der Waals surface area (Å²) in [6.45, 7) is 4.77. The molecule has 0 saturated heterocycles. The Balaban J connectivity index is 2.47. The minimum atomic E-state index is -0.127. The molecule has 1 aromatic carbocycles. The Morgan fingerprint density at radius 1 is 1.50 bits per heavy atom. The molecule has 0 radical (unpaired) electrons. The van der Waals surface area contributed by atoms with E-state index in [0.29, 0.717) is 12.4 Å². The van der Waals surface area contributed by atoms with Crippen LogP contribution in [0.3, 0.4) is 0 Å². The molecule has 0 atom stereocenters. The minimum absolute atomic E-state index is 0.0693. The molecule has 0 fully saturated rings. The summed E-state index contributed by atoms with van der Waals surface area (Å²) in [5.41, 5.74) is 7.52. The third-order valence-electron chi connectivity index (χ3n) is 3.34. The Morgan fingerprint density at radius 3 is 2.83 bits per heavy atom. The zero-order chi connectivity index (χ0) is 13.3. The lowest BCUT2D eigenvalue weighted by atomic mass is 9.84. The number of benzene rings is 1. The summed E-state index contributed by atoms with van der Waals surface area (Å²) in [5.74, 6) is 1.00. The first kappa shape index (κ1) is 13.2. The molecule has 0 unspecified atom stereocenters. The van der Waals surface area contributed by atoms with Gasteiger partial charge in [-0.1, -0.05) is 19.9 Å². The van der Waals surface area contributed by atoms with Crippen molar-refractivity contribution in [2.75, 3.05) is 23.9 Å². The van der Waals surface area contributed by atoms with Crippen LogP contribution in [0.2, 0.25) is 0 Å². The number of fused-ring (bicyclic) bond motifs is 1. The summed E-state index contributed by atoms with van der Waals surface area (Å²) in [6.07, 6.45) is 0. The molecule has 1 amide bonds. The van der Waals surface area contributed by atoms with E-state index in [0.717, 1.165) is 17.0 Å². The van der Waals surface area contributed by atoms with Crippen LogP contribution in [0.15, 0.2) is 18.2 Å². The molecule has 0 spiro atoms. The van der Waals surface area contributed by atoms with E-state index >= 15 is 0 Å². The van der Waals surface area contributed by atoms with Crippen LogP contribution in [0, 0.1) is 0 Å². The number of amides is 1. The maximum absolute atomic E-state index is 11.7. The lowest BCUT2D eigenvalue weighted by Gasteiger charge is -2.31. The second-order valence-corrected chi connectivity index (χ2v) is 5.31. The maximum Gasteiger partial charge on any atom is 0.265 e. The summed E-state index contributed by atoms with van der Waals surface area (Å²) in [7, 11) is 0. The Labute approximate surface area is 113 Å². The molecule has 2 N–H and O–H groups in total. The second-order valence-electron chi connectivity index (χ2n) is 5.02. The summed E-state index contributed by atoms with van der Waals surface area (Å²) < 4.78 is 5.41. The van der Waals surface area contributed by atoms with E-state index in [9.17, 15) is 4.79 Å². The van der Waals surface area contributed by atoms with Crippen molar-refractivity contribution in [2.45, 2.75) is 19.3 Å². The van der Waals surface area contributed by atoms with Gasteiger partial charge in [-0.15, -0.1) is 0 Å². The van der Waals surface area contributed by atoms with E-state index < -0.39 is 0 Å². The number of rotatable bonds is 3. The molecule has 98 valence electrons. The first-order chi connectivity index (χ1) is 8.49. The smallest absolute Gasteiger partial charge is 0.265 e. The number of hydrogen-bond acceptors (Lipinski definition) is 4. The third kappa shape index (κ3) is 2.20. The molecule has 1 heterocycles. The van der Waals surface area contributed by atoms with Crippen LogP contribution < -0.4 is 15.4 Å². The molecule has 1 aliphatic rings. The lowest BCUT2D eigenvalue weighted by Crippen LogP contribution is -2.38. The topological polar surface area (TPSA) is 55.6 Å². The quantitative estimate of drug-likeness (QED) is 0.816. The SMILES string of the molecule is CC(C)(CN)c1ccc2c(c1)N(CS)C(=O)CO2. The van der Waals surface area contributed by atoms with Crippen LogP contribution in [0.25, 0.3) is 0 Å². The van der Waals surface area contributed by atoms with Crippen molar-refractivity contribution in [1.82, 2.24) is 0 Å². The second kappa shape index (κ2) is 4.82. The van der Waals surface area contributed by atoms with E-state index in [4.69, 9.17) is 10.5 Å². The first-order valence-corrected chi connectivity index (χ1v) is 6.51. The normalized spacial score (nSPS) is 15.3. The highest BCUT2D eigenvalue weighted by molar-refractivity contribution is 7.80. The van der Waals surface area contributed by atoms with Gasteiger partial charge in [0.2, 0.25) is 0 Å². The highest BCUT2D eigenvalue weighted by Gasteiger charge is 2.27. The van der Waals surface area contributed by atoms with Crippen molar-refractivity contribution >= 4 is 24.2 Å². The van der Waals surface area contributed by atoms with Gasteiger partial charge in [-0.05, 0) is 17.7 Å². The number of nitrogens with zero attached hydrogens (tertiary/aromatic N) is 1. The van der Waals surface area contributed by atoms with Crippen molar-refractivity contribution in [3.8, 4) is 5.75 Å². The number of carbonyl (C=O) groups is 1. The molecular weight excluding hydrogens is 248 g/mol. The van der Waals surface area contributed by atoms with Crippen LogP contribution in [0.1, 0.15) is 19.4 Å². The molecule has 1 aliphatic heterocycles. The summed E-state index contributed by atoms with van der Waals surface area (Å²) in [6, 6.07) is 5.86. The Kier molecular flexibility index (Phi) is 3.54. The fourth-order valence-corrected chi connectivity index (χ4v) is 2.21. The van der Waals surface area contributed by atoms with Gasteiger partial charge in [0.1, 0.15) is 5.75 Å². The van der Waals surface area contributed by atoms with Crippen molar-refractivity contribution in [3.63, 3.8) is 0 Å². The molecule has 0 aliphatic carbocycles. The fourth-order valence-electron chi connectivity index (χ4n) is 1.90. The van der Waals surface area contributed by atoms with Crippen LogP contribution >= 0.6 is 12.6 Å². The minimum Gasteiger partial charge on any atom is -0.482 e. The maximum atomic E-state index is 11.7. The fraction of sp³-hybridized carbons (Fsp3) is 0.462. The van der Waals surface area contributed by atoms with Gasteiger partial charge in [-0.2, -0.15) is 12.6 Å². The molecule has 5 heteroatoms. The average molecular weight is 266 g/mol. The van der Waals surface area contributed by atoms with E-state index in [2.05, 4.69) is 26.5 Å².